The summed E-state index contributed by atoms with van der Waals surface area (Å²) in [6.07, 6.45) is 5.36. The van der Waals surface area contributed by atoms with E-state index in [1.54, 1.807) is 12.3 Å². The molecule has 0 spiro atoms. The molecule has 18 heavy (non-hydrogen) atoms. The van der Waals surface area contributed by atoms with Gasteiger partial charge in [-0.3, -0.25) is 5.41 Å². The molecule has 0 unspecified atom stereocenters. The van der Waals surface area contributed by atoms with Crippen molar-refractivity contribution in [2.45, 2.75) is 31.3 Å². The molecule has 4 N–H and O–H groups in total. The van der Waals surface area contributed by atoms with E-state index in [1.165, 1.54) is 0 Å². The highest BCUT2D eigenvalue weighted by atomic mass is 16.3. The number of rotatable bonds is 4. The maximum atomic E-state index is 10.3. The lowest BCUT2D eigenvalue weighted by atomic mass is 10.0. The van der Waals surface area contributed by atoms with E-state index in [4.69, 9.17) is 11.1 Å². The molecule has 1 aliphatic carbocycles. The summed E-state index contributed by atoms with van der Waals surface area (Å²) >= 11 is 0. The molecule has 1 heterocycles. The zero-order chi connectivity index (χ0) is 13.2. The molecule has 1 aromatic heterocycles. The third kappa shape index (κ3) is 2.76. The Hall–Kier alpha value is -1.69. The molecule has 6 heteroatoms. The van der Waals surface area contributed by atoms with Crippen LogP contribution in [0.1, 0.15) is 31.4 Å². The number of nitrogens with one attached hydrogen (secondary N) is 1. The molecule has 0 aromatic carbocycles. The summed E-state index contributed by atoms with van der Waals surface area (Å²) in [5.74, 6) is 0.412. The van der Waals surface area contributed by atoms with Crippen molar-refractivity contribution >= 4 is 11.8 Å². The number of nitrogens with two attached hydrogens (primary N) is 1. The Morgan fingerprint density at radius 2 is 2.22 bits per heavy atom. The van der Waals surface area contributed by atoms with Crippen LogP contribution in [0.3, 0.4) is 0 Å². The summed E-state index contributed by atoms with van der Waals surface area (Å²) in [6.45, 7) is 0.508. The second-order valence-corrected chi connectivity index (χ2v) is 4.94. The topological polar surface area (TPSA) is 99.1 Å². The van der Waals surface area contributed by atoms with Crippen LogP contribution in [0.15, 0.2) is 12.3 Å². The van der Waals surface area contributed by atoms with Crippen LogP contribution in [0.4, 0.5) is 5.95 Å². The molecule has 2 rings (SSSR count). The molecule has 1 aliphatic rings. The minimum Gasteiger partial charge on any atom is -0.388 e. The fourth-order valence-electron chi connectivity index (χ4n) is 2.39. The van der Waals surface area contributed by atoms with Gasteiger partial charge in [0.25, 0.3) is 0 Å². The summed E-state index contributed by atoms with van der Waals surface area (Å²) in [5, 5.41) is 17.7. The molecule has 0 amide bonds. The summed E-state index contributed by atoms with van der Waals surface area (Å²) in [7, 11) is 1.84. The van der Waals surface area contributed by atoms with Gasteiger partial charge in [-0.05, 0) is 18.9 Å². The van der Waals surface area contributed by atoms with E-state index < -0.39 is 5.60 Å². The number of likely N-dealkylation sites (N-methyl/N-ethyl adjacent to an activating group) is 1. The van der Waals surface area contributed by atoms with Crippen LogP contribution >= 0.6 is 0 Å². The lowest BCUT2D eigenvalue weighted by molar-refractivity contribution is 0.0556. The Balaban J connectivity index is 2.10. The summed E-state index contributed by atoms with van der Waals surface area (Å²) in [5.41, 5.74) is 5.17. The fourth-order valence-corrected chi connectivity index (χ4v) is 2.39. The zero-order valence-electron chi connectivity index (χ0n) is 10.6. The molecule has 98 valence electrons. The van der Waals surface area contributed by atoms with Crippen molar-refractivity contribution in [2.24, 2.45) is 5.73 Å². The predicted molar refractivity (Wildman–Crippen MR) is 69.7 cm³/mol. The van der Waals surface area contributed by atoms with Gasteiger partial charge >= 0.3 is 0 Å². The quantitative estimate of drug-likeness (QED) is 0.533. The maximum Gasteiger partial charge on any atom is 0.225 e. The third-order valence-electron chi connectivity index (χ3n) is 3.33. The summed E-state index contributed by atoms with van der Waals surface area (Å²) < 4.78 is 0. The van der Waals surface area contributed by atoms with Gasteiger partial charge in [0.1, 0.15) is 11.5 Å². The number of nitrogen functional groups attached to an aromatic ring is 1. The smallest absolute Gasteiger partial charge is 0.225 e. The number of aliphatic hydroxyl groups is 1. The third-order valence-corrected chi connectivity index (χ3v) is 3.33. The van der Waals surface area contributed by atoms with Crippen LogP contribution in [-0.2, 0) is 0 Å². The molecule has 0 saturated heterocycles. The molecular formula is C12H19N5O. The normalized spacial score (nSPS) is 17.7. The molecule has 0 aliphatic heterocycles. The van der Waals surface area contributed by atoms with Gasteiger partial charge in [0.05, 0.1) is 5.60 Å². The van der Waals surface area contributed by atoms with Crippen molar-refractivity contribution in [1.82, 2.24) is 9.97 Å². The van der Waals surface area contributed by atoms with Gasteiger partial charge in [-0.1, -0.05) is 12.8 Å². The Bertz CT molecular complexity index is 442. The van der Waals surface area contributed by atoms with Gasteiger partial charge in [0.15, 0.2) is 0 Å². The Morgan fingerprint density at radius 1 is 1.56 bits per heavy atom. The van der Waals surface area contributed by atoms with Crippen molar-refractivity contribution in [2.75, 3.05) is 18.5 Å². The Morgan fingerprint density at radius 3 is 2.83 bits per heavy atom. The van der Waals surface area contributed by atoms with Gasteiger partial charge in [0.2, 0.25) is 5.95 Å². The van der Waals surface area contributed by atoms with Gasteiger partial charge in [-0.25, -0.2) is 9.97 Å². The van der Waals surface area contributed by atoms with E-state index >= 15 is 0 Å². The zero-order valence-corrected chi connectivity index (χ0v) is 10.6. The first-order chi connectivity index (χ1) is 8.50. The van der Waals surface area contributed by atoms with Crippen LogP contribution in [-0.4, -0.2) is 40.1 Å². The largest absolute Gasteiger partial charge is 0.388 e. The standard InChI is InChI=1S/C12H19N5O/c1-17(8-12(18)5-2-3-6-12)11-15-7-4-9(16-11)10(13)14/h4,7,18H,2-3,5-6,8H2,1H3,(H3,13,14). The van der Waals surface area contributed by atoms with Crippen molar-refractivity contribution in [3.8, 4) is 0 Å². The van der Waals surface area contributed by atoms with Crippen LogP contribution in [0.5, 0.6) is 0 Å². The number of hydrogen-bond acceptors (Lipinski definition) is 5. The first-order valence-corrected chi connectivity index (χ1v) is 6.11. The van der Waals surface area contributed by atoms with E-state index in [0.29, 0.717) is 18.2 Å². The second kappa shape index (κ2) is 4.89. The van der Waals surface area contributed by atoms with Crippen LogP contribution in [0, 0.1) is 5.41 Å². The summed E-state index contributed by atoms with van der Waals surface area (Å²) in [6, 6.07) is 1.60. The molecule has 1 aromatic rings. The Kier molecular flexibility index (Phi) is 3.47. The first-order valence-electron chi connectivity index (χ1n) is 6.11. The Labute approximate surface area is 106 Å². The maximum absolute atomic E-state index is 10.3. The number of amidine groups is 1. The monoisotopic (exact) mass is 249 g/mol. The van der Waals surface area contributed by atoms with Crippen LogP contribution < -0.4 is 10.6 Å². The van der Waals surface area contributed by atoms with E-state index in [0.717, 1.165) is 25.7 Å². The first kappa shape index (κ1) is 12.8. The highest BCUT2D eigenvalue weighted by Gasteiger charge is 2.32. The molecule has 0 bridgehead atoms. The van der Waals surface area contributed by atoms with Crippen molar-refractivity contribution in [1.29, 1.82) is 5.41 Å². The summed E-state index contributed by atoms with van der Waals surface area (Å²) in [4.78, 5) is 10.2. The highest BCUT2D eigenvalue weighted by Crippen LogP contribution is 2.30. The van der Waals surface area contributed by atoms with Gasteiger partial charge in [0, 0.05) is 19.8 Å². The molecule has 1 saturated carbocycles. The van der Waals surface area contributed by atoms with Crippen LogP contribution in [0.25, 0.3) is 0 Å². The lowest BCUT2D eigenvalue weighted by Crippen LogP contribution is -2.40. The number of hydrogen-bond donors (Lipinski definition) is 3. The average Bonchev–Trinajstić information content (AvgIpc) is 2.76. The minimum atomic E-state index is -0.635. The molecule has 0 radical (unpaired) electrons. The van der Waals surface area contributed by atoms with E-state index in [9.17, 15) is 5.11 Å². The highest BCUT2D eigenvalue weighted by molar-refractivity contribution is 5.93. The lowest BCUT2D eigenvalue weighted by Gasteiger charge is -2.28. The predicted octanol–water partition coefficient (Wildman–Crippen LogP) is 0.502. The second-order valence-electron chi connectivity index (χ2n) is 4.94. The van der Waals surface area contributed by atoms with Crippen molar-refractivity contribution < 1.29 is 5.11 Å². The SMILES string of the molecule is CN(CC1(O)CCCC1)c1nccc(C(=N)N)n1. The molecule has 6 nitrogen and oxygen atoms in total. The van der Waals surface area contributed by atoms with E-state index in [1.807, 2.05) is 11.9 Å². The number of nitrogens with zero attached hydrogens (tertiary/aromatic N) is 3. The molecule has 0 atom stereocenters. The van der Waals surface area contributed by atoms with E-state index in [-0.39, 0.29) is 5.84 Å². The van der Waals surface area contributed by atoms with E-state index in [2.05, 4.69) is 9.97 Å². The number of anilines is 1. The average molecular weight is 249 g/mol. The molecular weight excluding hydrogens is 230 g/mol. The van der Waals surface area contributed by atoms with Crippen molar-refractivity contribution in [3.63, 3.8) is 0 Å². The number of aromatic nitrogens is 2. The minimum absolute atomic E-state index is 0.0772. The van der Waals surface area contributed by atoms with Crippen LogP contribution in [0.2, 0.25) is 0 Å². The molecule has 1 fully saturated rings. The van der Waals surface area contributed by atoms with Gasteiger partial charge < -0.3 is 15.7 Å². The van der Waals surface area contributed by atoms with Crippen molar-refractivity contribution in [3.05, 3.63) is 18.0 Å². The fraction of sp³-hybridized carbons (Fsp3) is 0.583. The van der Waals surface area contributed by atoms with Gasteiger partial charge in [-0.15, -0.1) is 0 Å². The van der Waals surface area contributed by atoms with Gasteiger partial charge in [-0.2, -0.15) is 0 Å².